The van der Waals surface area contributed by atoms with Gasteiger partial charge in [0.2, 0.25) is 0 Å². The Kier molecular flexibility index (Phi) is 4.24. The summed E-state index contributed by atoms with van der Waals surface area (Å²) in [5, 5.41) is 4.05. The van der Waals surface area contributed by atoms with Crippen LogP contribution in [0.15, 0.2) is 39.8 Å². The van der Waals surface area contributed by atoms with Gasteiger partial charge in [0.1, 0.15) is 5.69 Å². The molecule has 0 amide bonds. The standard InChI is InChI=1S/C13H13BrN2OS/c1-9-4-3-5-10(6-9)18-8-12(17)13-11(14)7-15-16(13)2/h3-7H,8H2,1-2H3. The van der Waals surface area contributed by atoms with Gasteiger partial charge in [-0.05, 0) is 35.0 Å². The van der Waals surface area contributed by atoms with Crippen molar-refractivity contribution >= 4 is 33.5 Å². The highest BCUT2D eigenvalue weighted by molar-refractivity contribution is 9.10. The Balaban J connectivity index is 2.05. The lowest BCUT2D eigenvalue weighted by molar-refractivity contribution is 0.101. The first-order valence-corrected chi connectivity index (χ1v) is 7.26. The number of hydrogen-bond acceptors (Lipinski definition) is 3. The highest BCUT2D eigenvalue weighted by Crippen LogP contribution is 2.22. The second-order valence-electron chi connectivity index (χ2n) is 3.99. The van der Waals surface area contributed by atoms with E-state index in [9.17, 15) is 4.79 Å². The number of aromatic nitrogens is 2. The number of halogens is 1. The third-order valence-electron chi connectivity index (χ3n) is 2.52. The summed E-state index contributed by atoms with van der Waals surface area (Å²) >= 11 is 4.89. The number of carbonyl (C=O) groups is 1. The molecule has 0 N–H and O–H groups in total. The Bertz CT molecular complexity index is 561. The van der Waals surface area contributed by atoms with Crippen LogP contribution in [0.5, 0.6) is 0 Å². The maximum atomic E-state index is 12.1. The van der Waals surface area contributed by atoms with Gasteiger partial charge >= 0.3 is 0 Å². The van der Waals surface area contributed by atoms with E-state index in [2.05, 4.69) is 27.1 Å². The molecule has 5 heteroatoms. The fourth-order valence-electron chi connectivity index (χ4n) is 1.65. The van der Waals surface area contributed by atoms with Gasteiger partial charge in [-0.25, -0.2) is 0 Å². The lowest BCUT2D eigenvalue weighted by Crippen LogP contribution is -2.09. The van der Waals surface area contributed by atoms with Crippen LogP contribution in [0, 0.1) is 6.92 Å². The van der Waals surface area contributed by atoms with Crippen molar-refractivity contribution in [2.24, 2.45) is 7.05 Å². The predicted molar refractivity (Wildman–Crippen MR) is 77.1 cm³/mol. The predicted octanol–water partition coefficient (Wildman–Crippen LogP) is 3.47. The Hall–Kier alpha value is -1.07. The van der Waals surface area contributed by atoms with E-state index in [-0.39, 0.29) is 5.78 Å². The van der Waals surface area contributed by atoms with E-state index in [4.69, 9.17) is 0 Å². The van der Waals surface area contributed by atoms with E-state index in [1.54, 1.807) is 29.7 Å². The zero-order chi connectivity index (χ0) is 13.1. The number of benzene rings is 1. The van der Waals surface area contributed by atoms with Crippen LogP contribution in [-0.2, 0) is 7.05 Å². The van der Waals surface area contributed by atoms with Crippen molar-refractivity contribution in [1.29, 1.82) is 0 Å². The molecule has 0 bridgehead atoms. The van der Waals surface area contributed by atoms with E-state index < -0.39 is 0 Å². The lowest BCUT2D eigenvalue weighted by atomic mass is 10.2. The SMILES string of the molecule is Cc1cccc(SCC(=O)c2c(Br)cnn2C)c1. The maximum absolute atomic E-state index is 12.1. The van der Waals surface area contributed by atoms with Crippen molar-refractivity contribution in [1.82, 2.24) is 9.78 Å². The van der Waals surface area contributed by atoms with Crippen molar-refractivity contribution in [3.8, 4) is 0 Å². The van der Waals surface area contributed by atoms with Crippen LogP contribution in [0.2, 0.25) is 0 Å². The Morgan fingerprint density at radius 3 is 2.89 bits per heavy atom. The summed E-state index contributed by atoms with van der Waals surface area (Å²) in [6.45, 7) is 2.05. The number of ketones is 1. The van der Waals surface area contributed by atoms with Crippen molar-refractivity contribution in [3.05, 3.63) is 46.2 Å². The van der Waals surface area contributed by atoms with Crippen molar-refractivity contribution < 1.29 is 4.79 Å². The minimum atomic E-state index is 0.0772. The lowest BCUT2D eigenvalue weighted by Gasteiger charge is -2.03. The maximum Gasteiger partial charge on any atom is 0.192 e. The van der Waals surface area contributed by atoms with Crippen LogP contribution in [0.1, 0.15) is 16.1 Å². The van der Waals surface area contributed by atoms with Crippen LogP contribution >= 0.6 is 27.7 Å². The normalized spacial score (nSPS) is 10.6. The fourth-order valence-corrected chi connectivity index (χ4v) is 3.09. The van der Waals surface area contributed by atoms with Gasteiger partial charge in [0.25, 0.3) is 0 Å². The highest BCUT2D eigenvalue weighted by Gasteiger charge is 2.15. The second-order valence-corrected chi connectivity index (χ2v) is 5.90. The molecule has 1 heterocycles. The zero-order valence-electron chi connectivity index (χ0n) is 10.2. The second kappa shape index (κ2) is 5.71. The summed E-state index contributed by atoms with van der Waals surface area (Å²) in [5.74, 6) is 0.495. The number of carbonyl (C=O) groups excluding carboxylic acids is 1. The molecule has 0 atom stereocenters. The monoisotopic (exact) mass is 324 g/mol. The van der Waals surface area contributed by atoms with E-state index in [0.717, 1.165) is 9.37 Å². The first-order valence-electron chi connectivity index (χ1n) is 5.48. The van der Waals surface area contributed by atoms with Gasteiger partial charge in [0, 0.05) is 11.9 Å². The van der Waals surface area contributed by atoms with Crippen LogP contribution in [0.3, 0.4) is 0 Å². The quantitative estimate of drug-likeness (QED) is 0.638. The molecule has 0 radical (unpaired) electrons. The average molecular weight is 325 g/mol. The van der Waals surface area contributed by atoms with Gasteiger partial charge in [-0.15, -0.1) is 11.8 Å². The third-order valence-corrected chi connectivity index (χ3v) is 4.09. The molecule has 18 heavy (non-hydrogen) atoms. The van der Waals surface area contributed by atoms with Crippen LogP contribution in [-0.4, -0.2) is 21.3 Å². The average Bonchev–Trinajstić information content (AvgIpc) is 2.66. The molecule has 0 aliphatic rings. The van der Waals surface area contributed by atoms with Crippen molar-refractivity contribution in [2.75, 3.05) is 5.75 Å². The van der Waals surface area contributed by atoms with Crippen LogP contribution in [0.4, 0.5) is 0 Å². The number of aryl methyl sites for hydroxylation is 2. The van der Waals surface area contributed by atoms with E-state index in [1.807, 2.05) is 25.1 Å². The van der Waals surface area contributed by atoms with Gasteiger partial charge in [-0.3, -0.25) is 9.48 Å². The molecule has 1 aromatic carbocycles. The number of nitrogens with zero attached hydrogens (tertiary/aromatic N) is 2. The third kappa shape index (κ3) is 3.03. The smallest absolute Gasteiger partial charge is 0.192 e. The summed E-state index contributed by atoms with van der Waals surface area (Å²) in [6.07, 6.45) is 1.64. The zero-order valence-corrected chi connectivity index (χ0v) is 12.6. The van der Waals surface area contributed by atoms with Gasteiger partial charge in [-0.1, -0.05) is 17.7 Å². The molecule has 0 aliphatic heterocycles. The summed E-state index contributed by atoms with van der Waals surface area (Å²) in [6, 6.07) is 8.14. The first kappa shape index (κ1) is 13.4. The molecular weight excluding hydrogens is 312 g/mol. The number of thioether (sulfide) groups is 1. The summed E-state index contributed by atoms with van der Waals surface area (Å²) in [7, 11) is 1.77. The highest BCUT2D eigenvalue weighted by atomic mass is 79.9. The van der Waals surface area contributed by atoms with Crippen LogP contribution < -0.4 is 0 Å². The van der Waals surface area contributed by atoms with Crippen molar-refractivity contribution in [2.45, 2.75) is 11.8 Å². The molecule has 0 unspecified atom stereocenters. The minimum absolute atomic E-state index is 0.0772. The molecule has 0 fully saturated rings. The molecule has 2 aromatic rings. The topological polar surface area (TPSA) is 34.9 Å². The van der Waals surface area contributed by atoms with E-state index in [0.29, 0.717) is 11.4 Å². The molecule has 94 valence electrons. The molecular formula is C13H13BrN2OS. The largest absolute Gasteiger partial charge is 0.291 e. The van der Waals surface area contributed by atoms with Crippen molar-refractivity contribution in [3.63, 3.8) is 0 Å². The molecule has 0 saturated carbocycles. The summed E-state index contributed by atoms with van der Waals surface area (Å²) in [4.78, 5) is 13.2. The van der Waals surface area contributed by atoms with E-state index in [1.165, 1.54) is 5.56 Å². The van der Waals surface area contributed by atoms with Gasteiger partial charge < -0.3 is 0 Å². The molecule has 0 spiro atoms. The summed E-state index contributed by atoms with van der Waals surface area (Å²) in [5.41, 5.74) is 1.82. The molecule has 3 nitrogen and oxygen atoms in total. The minimum Gasteiger partial charge on any atom is -0.291 e. The number of hydrogen-bond donors (Lipinski definition) is 0. The summed E-state index contributed by atoms with van der Waals surface area (Å²) < 4.78 is 2.35. The Labute approximate surface area is 119 Å². The number of rotatable bonds is 4. The molecule has 0 aliphatic carbocycles. The van der Waals surface area contributed by atoms with E-state index >= 15 is 0 Å². The van der Waals surface area contributed by atoms with Gasteiger partial charge in [0.15, 0.2) is 5.78 Å². The molecule has 1 aromatic heterocycles. The molecule has 0 saturated heterocycles. The Morgan fingerprint density at radius 2 is 2.28 bits per heavy atom. The van der Waals surface area contributed by atoms with Crippen LogP contribution in [0.25, 0.3) is 0 Å². The fraction of sp³-hybridized carbons (Fsp3) is 0.231. The molecule has 2 rings (SSSR count). The first-order chi connectivity index (χ1) is 8.58. The number of Topliss-reactive ketones (excluding diaryl/α,β-unsaturated/α-hetero) is 1. The van der Waals surface area contributed by atoms with Gasteiger partial charge in [0.05, 0.1) is 16.4 Å². The Morgan fingerprint density at radius 1 is 1.50 bits per heavy atom. The van der Waals surface area contributed by atoms with Gasteiger partial charge in [-0.2, -0.15) is 5.10 Å².